The molecule has 1 N–H and O–H groups in total. The largest absolute Gasteiger partial charge is 0.333 e. The van der Waals surface area contributed by atoms with Crippen LogP contribution in [-0.4, -0.2) is 32.3 Å². The molecule has 4 rings (SSSR count). The molecule has 1 aliphatic heterocycles. The Morgan fingerprint density at radius 3 is 2.88 bits per heavy atom. The summed E-state index contributed by atoms with van der Waals surface area (Å²) in [6.07, 6.45) is 1.94. The average molecular weight is 368 g/mol. The van der Waals surface area contributed by atoms with Gasteiger partial charge in [-0.3, -0.25) is 9.59 Å². The Morgan fingerprint density at radius 2 is 2.12 bits per heavy atom. The van der Waals surface area contributed by atoms with Crippen LogP contribution in [0.2, 0.25) is 0 Å². The fraction of sp³-hybridized carbons (Fsp3) is 0.368. The third-order valence-electron chi connectivity index (χ3n) is 4.84. The second-order valence-corrected chi connectivity index (χ2v) is 7.72. The van der Waals surface area contributed by atoms with Crippen molar-refractivity contribution < 1.29 is 4.79 Å². The first kappa shape index (κ1) is 16.9. The predicted octanol–water partition coefficient (Wildman–Crippen LogP) is 2.90. The van der Waals surface area contributed by atoms with Gasteiger partial charge in [0.2, 0.25) is 5.91 Å². The number of carbonyl (C=O) groups excluding carboxylic acids is 1. The van der Waals surface area contributed by atoms with Crippen molar-refractivity contribution in [1.29, 1.82) is 0 Å². The zero-order valence-electron chi connectivity index (χ0n) is 14.8. The van der Waals surface area contributed by atoms with Crippen LogP contribution in [0.3, 0.4) is 0 Å². The summed E-state index contributed by atoms with van der Waals surface area (Å²) in [6, 6.07) is 8.03. The van der Waals surface area contributed by atoms with Crippen molar-refractivity contribution in [1.82, 2.24) is 19.9 Å². The number of nitrogens with zero attached hydrogens (tertiary/aromatic N) is 3. The standard InChI is InChI=1S/C19H20N4O2S/c1-11-13(18(25)21-12(2)20-11)10-17(24)23-9-5-7-15(23)19-22-14-6-3-4-8-16(14)26-19/h3-4,6,8,15H,5,7,9-10H2,1-2H3,(H,20,21,25)/t15-/m0/s1. The highest BCUT2D eigenvalue weighted by atomic mass is 32.1. The lowest BCUT2D eigenvalue weighted by Crippen LogP contribution is -2.34. The maximum Gasteiger partial charge on any atom is 0.254 e. The van der Waals surface area contributed by atoms with Crippen LogP contribution in [0.4, 0.5) is 0 Å². The molecule has 2 aromatic heterocycles. The SMILES string of the molecule is Cc1nc(C)c(CC(=O)N2CCC[C@H]2c2nc3ccccc3s2)c(=O)[nH]1. The molecule has 26 heavy (non-hydrogen) atoms. The van der Waals surface area contributed by atoms with E-state index in [4.69, 9.17) is 4.98 Å². The molecule has 1 aliphatic rings. The van der Waals surface area contributed by atoms with Crippen LogP contribution in [-0.2, 0) is 11.2 Å². The monoisotopic (exact) mass is 368 g/mol. The quantitative estimate of drug-likeness (QED) is 0.771. The van der Waals surface area contributed by atoms with Crippen LogP contribution in [0.25, 0.3) is 10.2 Å². The van der Waals surface area contributed by atoms with E-state index >= 15 is 0 Å². The summed E-state index contributed by atoms with van der Waals surface area (Å²) in [5, 5.41) is 0.977. The van der Waals surface area contributed by atoms with Crippen LogP contribution < -0.4 is 5.56 Å². The molecule has 0 spiro atoms. The van der Waals surface area contributed by atoms with Gasteiger partial charge in [0.25, 0.3) is 5.56 Å². The topological polar surface area (TPSA) is 79.0 Å². The summed E-state index contributed by atoms with van der Waals surface area (Å²) in [6.45, 7) is 4.22. The lowest BCUT2D eigenvalue weighted by molar-refractivity contribution is -0.131. The molecule has 0 bridgehead atoms. The highest BCUT2D eigenvalue weighted by molar-refractivity contribution is 7.18. The average Bonchev–Trinajstić information content (AvgIpc) is 3.23. The highest BCUT2D eigenvalue weighted by Crippen LogP contribution is 2.36. The number of carbonyl (C=O) groups is 1. The van der Waals surface area contributed by atoms with Crippen molar-refractivity contribution in [2.75, 3.05) is 6.54 Å². The Hall–Kier alpha value is -2.54. The molecular formula is C19H20N4O2S. The number of likely N-dealkylation sites (tertiary alicyclic amines) is 1. The van der Waals surface area contributed by atoms with E-state index in [1.807, 2.05) is 23.1 Å². The van der Waals surface area contributed by atoms with E-state index in [-0.39, 0.29) is 23.9 Å². The lowest BCUT2D eigenvalue weighted by atomic mass is 10.1. The zero-order chi connectivity index (χ0) is 18.3. The van der Waals surface area contributed by atoms with Crippen LogP contribution >= 0.6 is 11.3 Å². The van der Waals surface area contributed by atoms with E-state index in [1.165, 1.54) is 0 Å². The Labute approximate surface area is 154 Å². The first-order chi connectivity index (χ1) is 12.5. The Kier molecular flexibility index (Phi) is 4.32. The van der Waals surface area contributed by atoms with Crippen molar-refractivity contribution in [2.45, 2.75) is 39.2 Å². The zero-order valence-corrected chi connectivity index (χ0v) is 15.6. The van der Waals surface area contributed by atoms with Gasteiger partial charge in [0.05, 0.1) is 22.7 Å². The molecular weight excluding hydrogens is 348 g/mol. The fourth-order valence-electron chi connectivity index (χ4n) is 3.57. The Balaban J connectivity index is 1.60. The van der Waals surface area contributed by atoms with Gasteiger partial charge in [0, 0.05) is 17.8 Å². The smallest absolute Gasteiger partial charge is 0.254 e. The number of rotatable bonds is 3. The molecule has 7 heteroatoms. The van der Waals surface area contributed by atoms with Crippen LogP contribution in [0, 0.1) is 13.8 Å². The number of aromatic amines is 1. The van der Waals surface area contributed by atoms with E-state index in [2.05, 4.69) is 16.0 Å². The molecule has 0 radical (unpaired) electrons. The lowest BCUT2D eigenvalue weighted by Gasteiger charge is -2.23. The van der Waals surface area contributed by atoms with Crippen LogP contribution in [0.5, 0.6) is 0 Å². The highest BCUT2D eigenvalue weighted by Gasteiger charge is 2.32. The number of amides is 1. The number of thiazole rings is 1. The van der Waals surface area contributed by atoms with E-state index in [1.54, 1.807) is 25.2 Å². The molecule has 134 valence electrons. The van der Waals surface area contributed by atoms with Gasteiger partial charge in [-0.2, -0.15) is 0 Å². The van der Waals surface area contributed by atoms with Gasteiger partial charge in [-0.25, -0.2) is 9.97 Å². The fourth-order valence-corrected chi connectivity index (χ4v) is 4.68. The first-order valence-corrected chi connectivity index (χ1v) is 9.56. The van der Waals surface area contributed by atoms with Crippen molar-refractivity contribution in [3.63, 3.8) is 0 Å². The number of hydrogen-bond acceptors (Lipinski definition) is 5. The summed E-state index contributed by atoms with van der Waals surface area (Å²) in [5.41, 5.74) is 1.83. The van der Waals surface area contributed by atoms with Crippen molar-refractivity contribution in [3.05, 3.63) is 56.7 Å². The molecule has 1 fully saturated rings. The number of fused-ring (bicyclic) bond motifs is 1. The number of aromatic nitrogens is 3. The van der Waals surface area contributed by atoms with Gasteiger partial charge >= 0.3 is 0 Å². The van der Waals surface area contributed by atoms with Crippen molar-refractivity contribution >= 4 is 27.5 Å². The number of benzene rings is 1. The minimum absolute atomic E-state index is 0.00213. The number of para-hydroxylation sites is 1. The number of hydrogen-bond donors (Lipinski definition) is 1. The Bertz CT molecular complexity index is 1010. The minimum Gasteiger partial charge on any atom is -0.333 e. The van der Waals surface area contributed by atoms with E-state index < -0.39 is 0 Å². The number of H-pyrrole nitrogens is 1. The van der Waals surface area contributed by atoms with Gasteiger partial charge < -0.3 is 9.88 Å². The van der Waals surface area contributed by atoms with Gasteiger partial charge in [-0.15, -0.1) is 11.3 Å². The number of nitrogens with one attached hydrogen (secondary N) is 1. The van der Waals surface area contributed by atoms with Gasteiger partial charge in [-0.1, -0.05) is 12.1 Å². The first-order valence-electron chi connectivity index (χ1n) is 8.74. The molecule has 1 atom stereocenters. The van der Waals surface area contributed by atoms with Crippen molar-refractivity contribution in [2.24, 2.45) is 0 Å². The van der Waals surface area contributed by atoms with Crippen LogP contribution in [0.1, 0.15) is 41.0 Å². The third-order valence-corrected chi connectivity index (χ3v) is 5.97. The van der Waals surface area contributed by atoms with Gasteiger partial charge in [0.1, 0.15) is 10.8 Å². The molecule has 3 aromatic rings. The summed E-state index contributed by atoms with van der Waals surface area (Å²) in [7, 11) is 0. The normalized spacial score (nSPS) is 17.2. The molecule has 3 heterocycles. The molecule has 1 amide bonds. The molecule has 1 aromatic carbocycles. The third kappa shape index (κ3) is 3.03. The summed E-state index contributed by atoms with van der Waals surface area (Å²) < 4.78 is 1.14. The van der Waals surface area contributed by atoms with E-state index in [0.717, 1.165) is 28.1 Å². The maximum absolute atomic E-state index is 12.9. The van der Waals surface area contributed by atoms with E-state index in [0.29, 0.717) is 23.6 Å². The van der Waals surface area contributed by atoms with Crippen molar-refractivity contribution in [3.8, 4) is 0 Å². The second kappa shape index (κ2) is 6.64. The van der Waals surface area contributed by atoms with E-state index in [9.17, 15) is 9.59 Å². The van der Waals surface area contributed by atoms with Crippen LogP contribution in [0.15, 0.2) is 29.1 Å². The van der Waals surface area contributed by atoms with Gasteiger partial charge in [0.15, 0.2) is 0 Å². The molecule has 0 aliphatic carbocycles. The summed E-state index contributed by atoms with van der Waals surface area (Å²) in [5.74, 6) is 0.531. The predicted molar refractivity (Wildman–Crippen MR) is 101 cm³/mol. The molecule has 0 saturated carbocycles. The molecule has 6 nitrogen and oxygen atoms in total. The summed E-state index contributed by atoms with van der Waals surface area (Å²) in [4.78, 5) is 38.7. The maximum atomic E-state index is 12.9. The minimum atomic E-state index is -0.223. The molecule has 1 saturated heterocycles. The summed E-state index contributed by atoms with van der Waals surface area (Å²) >= 11 is 1.65. The Morgan fingerprint density at radius 1 is 1.31 bits per heavy atom. The molecule has 0 unspecified atom stereocenters. The van der Waals surface area contributed by atoms with Gasteiger partial charge in [-0.05, 0) is 38.8 Å². The number of aryl methyl sites for hydroxylation is 2. The second-order valence-electron chi connectivity index (χ2n) is 6.66.